The summed E-state index contributed by atoms with van der Waals surface area (Å²) in [5, 5.41) is 13.7. The highest BCUT2D eigenvalue weighted by Crippen LogP contribution is 2.29. The number of ether oxygens (including phenoxy) is 2. The second-order valence-corrected chi connectivity index (χ2v) is 5.19. The zero-order chi connectivity index (χ0) is 19.3. The lowest BCUT2D eigenvalue weighted by molar-refractivity contribution is -0.386. The summed E-state index contributed by atoms with van der Waals surface area (Å²) in [5.74, 6) is -1.94. The number of carbonyl (C=O) groups excluding carboxylic acids is 2. The molecule has 0 spiro atoms. The Bertz CT molecular complexity index is 838. The lowest BCUT2D eigenvalue weighted by atomic mass is 10.2. The molecule has 0 saturated heterocycles. The van der Waals surface area contributed by atoms with Gasteiger partial charge in [0.05, 0.1) is 17.6 Å². The van der Waals surface area contributed by atoms with E-state index in [9.17, 15) is 24.1 Å². The van der Waals surface area contributed by atoms with Crippen LogP contribution < -0.4 is 10.1 Å². The van der Waals surface area contributed by atoms with Gasteiger partial charge in [-0.1, -0.05) is 0 Å². The number of methoxy groups -OCH3 is 1. The van der Waals surface area contributed by atoms with Gasteiger partial charge in [0.1, 0.15) is 5.82 Å². The van der Waals surface area contributed by atoms with Crippen LogP contribution in [0.4, 0.5) is 15.8 Å². The standard InChI is InChI=1S/C17H15FN2O6/c1-10(16(21)19-13-6-4-12(18)5-7-13)26-15-8-3-11(17(22)25-2)9-14(15)20(23)24/h3-10H,1-2H3,(H,19,21)/t10-/m0/s1. The highest BCUT2D eigenvalue weighted by Gasteiger charge is 2.23. The smallest absolute Gasteiger partial charge is 0.338 e. The van der Waals surface area contributed by atoms with Gasteiger partial charge in [-0.25, -0.2) is 9.18 Å². The van der Waals surface area contributed by atoms with Gasteiger partial charge >= 0.3 is 11.7 Å². The molecule has 8 nitrogen and oxygen atoms in total. The molecule has 0 aromatic heterocycles. The molecule has 0 aliphatic carbocycles. The number of nitro benzene ring substituents is 1. The normalized spacial score (nSPS) is 11.3. The Kier molecular flexibility index (Phi) is 5.84. The number of hydrogen-bond donors (Lipinski definition) is 1. The molecule has 0 radical (unpaired) electrons. The first-order valence-electron chi connectivity index (χ1n) is 7.41. The van der Waals surface area contributed by atoms with Crippen molar-refractivity contribution in [3.63, 3.8) is 0 Å². The van der Waals surface area contributed by atoms with Crippen molar-refractivity contribution < 1.29 is 28.4 Å². The van der Waals surface area contributed by atoms with E-state index in [2.05, 4.69) is 10.1 Å². The van der Waals surface area contributed by atoms with Crippen LogP contribution in [-0.2, 0) is 9.53 Å². The van der Waals surface area contributed by atoms with Gasteiger partial charge < -0.3 is 14.8 Å². The van der Waals surface area contributed by atoms with Gasteiger partial charge in [-0.05, 0) is 43.3 Å². The van der Waals surface area contributed by atoms with Crippen LogP contribution in [0.1, 0.15) is 17.3 Å². The molecule has 2 rings (SSSR count). The minimum absolute atomic E-state index is 0.0185. The molecule has 2 aromatic rings. The van der Waals surface area contributed by atoms with Crippen molar-refractivity contribution in [2.45, 2.75) is 13.0 Å². The van der Waals surface area contributed by atoms with E-state index in [0.717, 1.165) is 13.2 Å². The van der Waals surface area contributed by atoms with Gasteiger partial charge in [-0.2, -0.15) is 0 Å². The number of amides is 1. The number of nitrogens with one attached hydrogen (secondary N) is 1. The molecule has 26 heavy (non-hydrogen) atoms. The third kappa shape index (κ3) is 4.53. The van der Waals surface area contributed by atoms with Crippen molar-refractivity contribution >= 4 is 23.3 Å². The van der Waals surface area contributed by atoms with Gasteiger partial charge in [0, 0.05) is 11.8 Å². The van der Waals surface area contributed by atoms with E-state index < -0.39 is 34.4 Å². The zero-order valence-corrected chi connectivity index (χ0v) is 13.9. The van der Waals surface area contributed by atoms with Crippen molar-refractivity contribution in [3.8, 4) is 5.75 Å². The Balaban J connectivity index is 2.15. The monoisotopic (exact) mass is 362 g/mol. The molecule has 0 aliphatic heterocycles. The van der Waals surface area contributed by atoms with Crippen molar-refractivity contribution in [2.24, 2.45) is 0 Å². The Labute approximate surface area is 147 Å². The molecule has 0 saturated carbocycles. The van der Waals surface area contributed by atoms with Crippen molar-refractivity contribution in [1.29, 1.82) is 0 Å². The topological polar surface area (TPSA) is 108 Å². The maximum atomic E-state index is 12.9. The first-order valence-corrected chi connectivity index (χ1v) is 7.41. The molecule has 136 valence electrons. The molecule has 1 N–H and O–H groups in total. The SMILES string of the molecule is COC(=O)c1ccc(O[C@@H](C)C(=O)Nc2ccc(F)cc2)c([N+](=O)[O-])c1. The molecular formula is C17H15FN2O6. The Morgan fingerprint density at radius 3 is 2.42 bits per heavy atom. The lowest BCUT2D eigenvalue weighted by Crippen LogP contribution is -2.30. The van der Waals surface area contributed by atoms with Crippen LogP contribution in [0.2, 0.25) is 0 Å². The van der Waals surface area contributed by atoms with Crippen LogP contribution in [0.3, 0.4) is 0 Å². The van der Waals surface area contributed by atoms with E-state index in [1.165, 1.54) is 43.3 Å². The van der Waals surface area contributed by atoms with E-state index in [1.807, 2.05) is 0 Å². The fraction of sp³-hybridized carbons (Fsp3) is 0.176. The maximum absolute atomic E-state index is 12.9. The summed E-state index contributed by atoms with van der Waals surface area (Å²) < 4.78 is 22.7. The number of nitrogens with zero attached hydrogens (tertiary/aromatic N) is 1. The van der Waals surface area contributed by atoms with Crippen molar-refractivity contribution in [2.75, 3.05) is 12.4 Å². The summed E-state index contributed by atoms with van der Waals surface area (Å²) in [6.45, 7) is 1.40. The van der Waals surface area contributed by atoms with Crippen LogP contribution in [-0.4, -0.2) is 30.0 Å². The number of benzene rings is 2. The minimum atomic E-state index is -1.08. The number of esters is 1. The van der Waals surface area contributed by atoms with Gasteiger partial charge in [0.15, 0.2) is 11.9 Å². The number of halogens is 1. The summed E-state index contributed by atoms with van der Waals surface area (Å²) >= 11 is 0. The van der Waals surface area contributed by atoms with E-state index >= 15 is 0 Å². The van der Waals surface area contributed by atoms with Gasteiger partial charge in [0.2, 0.25) is 0 Å². The molecule has 1 atom stereocenters. The summed E-state index contributed by atoms with van der Waals surface area (Å²) in [6, 6.07) is 8.60. The fourth-order valence-electron chi connectivity index (χ4n) is 2.03. The van der Waals surface area contributed by atoms with Crippen molar-refractivity contribution in [3.05, 3.63) is 64.0 Å². The summed E-state index contributed by atoms with van der Waals surface area (Å²) in [5.41, 5.74) is -0.147. The highest BCUT2D eigenvalue weighted by molar-refractivity contribution is 5.94. The Morgan fingerprint density at radius 1 is 1.19 bits per heavy atom. The number of hydrogen-bond acceptors (Lipinski definition) is 6. The van der Waals surface area contributed by atoms with Crippen LogP contribution in [0.25, 0.3) is 0 Å². The third-order valence-electron chi connectivity index (χ3n) is 3.36. The number of rotatable bonds is 6. The minimum Gasteiger partial charge on any atom is -0.474 e. The second-order valence-electron chi connectivity index (χ2n) is 5.19. The molecule has 0 bridgehead atoms. The zero-order valence-electron chi connectivity index (χ0n) is 13.9. The summed E-state index contributed by atoms with van der Waals surface area (Å²) in [4.78, 5) is 34.1. The van der Waals surface area contributed by atoms with Gasteiger partial charge in [-0.3, -0.25) is 14.9 Å². The molecular weight excluding hydrogens is 347 g/mol. The summed E-state index contributed by atoms with van der Waals surface area (Å²) in [7, 11) is 1.15. The predicted molar refractivity (Wildman–Crippen MR) is 89.6 cm³/mol. The predicted octanol–water partition coefficient (Wildman–Crippen LogP) is 2.93. The van der Waals surface area contributed by atoms with Crippen molar-refractivity contribution in [1.82, 2.24) is 0 Å². The van der Waals surface area contributed by atoms with Gasteiger partial charge in [-0.15, -0.1) is 0 Å². The largest absolute Gasteiger partial charge is 0.474 e. The van der Waals surface area contributed by atoms with E-state index in [0.29, 0.717) is 5.69 Å². The number of nitro groups is 1. The van der Waals surface area contributed by atoms with Crippen LogP contribution in [0, 0.1) is 15.9 Å². The number of carbonyl (C=O) groups is 2. The fourth-order valence-corrected chi connectivity index (χ4v) is 2.03. The average molecular weight is 362 g/mol. The van der Waals surface area contributed by atoms with Gasteiger partial charge in [0.25, 0.3) is 5.91 Å². The third-order valence-corrected chi connectivity index (χ3v) is 3.36. The molecule has 0 fully saturated rings. The molecule has 2 aromatic carbocycles. The Morgan fingerprint density at radius 2 is 1.85 bits per heavy atom. The van der Waals surface area contributed by atoms with Crippen LogP contribution >= 0.6 is 0 Å². The van der Waals surface area contributed by atoms with E-state index in [1.54, 1.807) is 0 Å². The first-order chi connectivity index (χ1) is 12.3. The van der Waals surface area contributed by atoms with E-state index in [4.69, 9.17) is 4.74 Å². The van der Waals surface area contributed by atoms with E-state index in [-0.39, 0.29) is 11.3 Å². The molecule has 0 heterocycles. The van der Waals surface area contributed by atoms with Crippen LogP contribution in [0.15, 0.2) is 42.5 Å². The second kappa shape index (κ2) is 8.06. The molecule has 0 unspecified atom stereocenters. The molecule has 1 amide bonds. The highest BCUT2D eigenvalue weighted by atomic mass is 19.1. The Hall–Kier alpha value is -3.49. The number of anilines is 1. The molecule has 0 aliphatic rings. The quantitative estimate of drug-likeness (QED) is 0.481. The molecule has 9 heteroatoms. The van der Waals surface area contributed by atoms with Crippen LogP contribution in [0.5, 0.6) is 5.75 Å². The summed E-state index contributed by atoms with van der Waals surface area (Å²) in [6.07, 6.45) is -1.08. The maximum Gasteiger partial charge on any atom is 0.338 e. The lowest BCUT2D eigenvalue weighted by Gasteiger charge is -2.15. The first kappa shape index (κ1) is 18.8. The average Bonchev–Trinajstić information content (AvgIpc) is 2.62.